The minimum Gasteiger partial charge on any atom is -0.657 e. The third-order valence-corrected chi connectivity index (χ3v) is 9.39. The summed E-state index contributed by atoms with van der Waals surface area (Å²) in [5.74, 6) is 0. The van der Waals surface area contributed by atoms with E-state index in [0.717, 1.165) is 0 Å². The van der Waals surface area contributed by atoms with Gasteiger partial charge in [0.05, 0.1) is 0 Å². The molecule has 0 aliphatic rings. The molecule has 0 saturated heterocycles. The van der Waals surface area contributed by atoms with Gasteiger partial charge in [-0.25, -0.2) is 0 Å². The van der Waals surface area contributed by atoms with Crippen molar-refractivity contribution >= 4 is 37.8 Å². The summed E-state index contributed by atoms with van der Waals surface area (Å²) < 4.78 is 0. The largest absolute Gasteiger partial charge is 1.00 e. The van der Waals surface area contributed by atoms with Crippen LogP contribution in [-0.2, 0) is 0 Å². The van der Waals surface area contributed by atoms with Crippen LogP contribution in [0, 0.1) is 0 Å². The average Bonchev–Trinajstić information content (AvgIpc) is 2.60. The van der Waals surface area contributed by atoms with Gasteiger partial charge in [0.2, 0.25) is 0 Å². The maximum Gasteiger partial charge on any atom is 1.00 e. The molecular weight excluding hydrogens is 339 g/mol. The van der Waals surface area contributed by atoms with Crippen LogP contribution in [0.2, 0.25) is 0 Å². The molecule has 0 aliphatic heterocycles. The van der Waals surface area contributed by atoms with E-state index in [-0.39, 0.29) is 45.4 Å². The number of rotatable bonds is 8. The van der Waals surface area contributed by atoms with Crippen LogP contribution >= 0.6 is 15.8 Å². The first-order valence-corrected chi connectivity index (χ1v) is 12.1. The van der Waals surface area contributed by atoms with Gasteiger partial charge in [-0.1, -0.05) is 92.1 Å². The van der Waals surface area contributed by atoms with Crippen LogP contribution in [0.3, 0.4) is 0 Å². The Bertz CT molecular complexity index is 557. The Morgan fingerprint density at radius 3 is 1.29 bits per heavy atom. The summed E-state index contributed by atoms with van der Waals surface area (Å²) in [5, 5.41) is 8.02. The summed E-state index contributed by atoms with van der Waals surface area (Å²) in [6.07, 6.45) is 4.93. The van der Waals surface area contributed by atoms with Crippen molar-refractivity contribution in [2.75, 3.05) is 24.6 Å². The molecule has 0 aliphatic carbocycles. The van der Waals surface area contributed by atoms with Crippen LogP contribution in [0.5, 0.6) is 0 Å². The number of hydrogen-bond acceptors (Lipinski definition) is 0. The predicted octanol–water partition coefficient (Wildman–Crippen LogP) is 3.32. The molecule has 2 aromatic carbocycles. The maximum atomic E-state index is 5.11. The molecule has 124 valence electrons. The van der Waals surface area contributed by atoms with Gasteiger partial charge in [0.15, 0.2) is 0 Å². The fourth-order valence-corrected chi connectivity index (χ4v) is 6.66. The zero-order valence-corrected chi connectivity index (χ0v) is 19.6. The summed E-state index contributed by atoms with van der Waals surface area (Å²) in [4.78, 5) is 0. The molecule has 2 aromatic rings. The van der Waals surface area contributed by atoms with Gasteiger partial charge >= 0.3 is 29.6 Å². The number of hydrogen-bond donors (Lipinski definition) is 0. The molecule has 0 amide bonds. The number of nitrogens with zero attached hydrogens (tertiary/aromatic N) is 1. The topological polar surface area (TPSA) is 14.1 Å². The summed E-state index contributed by atoms with van der Waals surface area (Å²) >= 11 is 0. The summed E-state index contributed by atoms with van der Waals surface area (Å²) in [5.41, 5.74) is 2.36. The van der Waals surface area contributed by atoms with E-state index in [4.69, 9.17) is 5.32 Å². The van der Waals surface area contributed by atoms with Crippen LogP contribution in [-0.4, -0.2) is 24.6 Å². The van der Waals surface area contributed by atoms with E-state index >= 15 is 0 Å². The molecule has 2 rings (SSSR count). The molecule has 0 bridgehead atoms. The van der Waals surface area contributed by atoms with Crippen molar-refractivity contribution in [3.8, 4) is 0 Å². The minimum atomic E-state index is -0.0890. The molecule has 0 atom stereocenters. The van der Waals surface area contributed by atoms with Gasteiger partial charge in [-0.3, -0.25) is 0 Å². The van der Waals surface area contributed by atoms with Gasteiger partial charge < -0.3 is 5.32 Å². The third kappa shape index (κ3) is 5.55. The predicted molar refractivity (Wildman–Crippen MR) is 111 cm³/mol. The molecule has 0 spiro atoms. The Labute approximate surface area is 172 Å². The third-order valence-electron chi connectivity index (χ3n) is 4.21. The number of benzene rings is 2. The van der Waals surface area contributed by atoms with Crippen molar-refractivity contribution in [3.05, 3.63) is 53.8 Å². The maximum absolute atomic E-state index is 5.11. The van der Waals surface area contributed by atoms with E-state index in [1.807, 2.05) is 0 Å². The minimum absolute atomic E-state index is 0. The van der Waals surface area contributed by atoms with E-state index in [1.165, 1.54) is 46.6 Å². The normalized spacial score (nSPS) is 10.8. The summed E-state index contributed by atoms with van der Waals surface area (Å²) in [6, 6.07) is 17.5. The quantitative estimate of drug-likeness (QED) is 0.502. The monoisotopic (exact) mass is 367 g/mol. The second-order valence-corrected chi connectivity index (χ2v) is 11.1. The standard InChI is InChI=1S/C20H28NP2.Na/c1-5-22(6-2)19-15-11-9-13-17(19)21-18-14-10-12-16-20(18)23(7-3)8-4;/h9-16H,5-8H2,1-4H3;/q-1;+1. The fraction of sp³-hybridized carbons (Fsp3) is 0.400. The van der Waals surface area contributed by atoms with Crippen LogP contribution in [0.1, 0.15) is 27.7 Å². The van der Waals surface area contributed by atoms with Crippen LogP contribution < -0.4 is 40.2 Å². The molecule has 0 saturated carbocycles. The molecular formula is C20H28NNaP2. The van der Waals surface area contributed by atoms with Crippen molar-refractivity contribution < 1.29 is 29.6 Å². The van der Waals surface area contributed by atoms with Gasteiger partial charge in [-0.15, -0.1) is 11.4 Å². The van der Waals surface area contributed by atoms with E-state index in [1.54, 1.807) is 0 Å². The SMILES string of the molecule is CCP(CC)c1ccccc1[N-]c1ccccc1P(CC)CC.[Na+]. The first-order valence-electron chi connectivity index (χ1n) is 8.64. The van der Waals surface area contributed by atoms with Crippen LogP contribution in [0.4, 0.5) is 11.4 Å². The molecule has 0 heterocycles. The fourth-order valence-electron chi connectivity index (χ4n) is 2.91. The van der Waals surface area contributed by atoms with Crippen LogP contribution in [0.15, 0.2) is 48.5 Å². The molecule has 0 fully saturated rings. The van der Waals surface area contributed by atoms with Gasteiger partial charge in [-0.05, 0) is 35.3 Å². The van der Waals surface area contributed by atoms with Crippen molar-refractivity contribution in [3.63, 3.8) is 0 Å². The van der Waals surface area contributed by atoms with E-state index < -0.39 is 0 Å². The first-order chi connectivity index (χ1) is 11.2. The molecule has 0 aromatic heterocycles. The van der Waals surface area contributed by atoms with Crippen molar-refractivity contribution in [2.24, 2.45) is 0 Å². The Morgan fingerprint density at radius 2 is 0.958 bits per heavy atom. The Balaban J connectivity index is 0.00000288. The Kier molecular flexibility index (Phi) is 10.8. The summed E-state index contributed by atoms with van der Waals surface area (Å²) in [7, 11) is -0.178. The van der Waals surface area contributed by atoms with Gasteiger partial charge in [0.25, 0.3) is 0 Å². The van der Waals surface area contributed by atoms with Crippen LogP contribution in [0.25, 0.3) is 5.32 Å². The Morgan fingerprint density at radius 1 is 0.625 bits per heavy atom. The second kappa shape index (κ2) is 11.7. The molecule has 0 N–H and O–H groups in total. The van der Waals surface area contributed by atoms with E-state index in [9.17, 15) is 0 Å². The molecule has 24 heavy (non-hydrogen) atoms. The molecule has 0 unspecified atom stereocenters. The zero-order valence-electron chi connectivity index (χ0n) is 15.8. The van der Waals surface area contributed by atoms with Crippen molar-refractivity contribution in [2.45, 2.75) is 27.7 Å². The number of para-hydroxylation sites is 2. The molecule has 0 radical (unpaired) electrons. The Hall–Kier alpha value is 0.1000. The van der Waals surface area contributed by atoms with Gasteiger partial charge in [0, 0.05) is 0 Å². The second-order valence-electron chi connectivity index (χ2n) is 5.43. The smallest absolute Gasteiger partial charge is 0.657 e. The van der Waals surface area contributed by atoms with E-state index in [0.29, 0.717) is 0 Å². The van der Waals surface area contributed by atoms with Gasteiger partial charge in [0.1, 0.15) is 0 Å². The first kappa shape index (κ1) is 22.1. The molecule has 1 nitrogen and oxygen atoms in total. The zero-order chi connectivity index (χ0) is 16.7. The summed E-state index contributed by atoms with van der Waals surface area (Å²) in [6.45, 7) is 9.20. The molecule has 4 heteroatoms. The average molecular weight is 367 g/mol. The van der Waals surface area contributed by atoms with Gasteiger partial charge in [-0.2, -0.15) is 0 Å². The van der Waals surface area contributed by atoms with Crippen molar-refractivity contribution in [1.82, 2.24) is 0 Å². The van der Waals surface area contributed by atoms with Crippen molar-refractivity contribution in [1.29, 1.82) is 0 Å². The van der Waals surface area contributed by atoms with E-state index in [2.05, 4.69) is 76.2 Å².